The molecule has 3 atom stereocenters. The predicted molar refractivity (Wildman–Crippen MR) is 60.0 cm³/mol. The normalized spacial score (nSPS) is 42.6. The molecule has 15 heavy (non-hydrogen) atoms. The lowest BCUT2D eigenvalue weighted by atomic mass is 9.97. The van der Waals surface area contributed by atoms with Gasteiger partial charge in [0.05, 0.1) is 12.7 Å². The van der Waals surface area contributed by atoms with E-state index in [1.165, 1.54) is 45.4 Å². The molecular formula is C12H22N2O. The molecule has 0 saturated carbocycles. The van der Waals surface area contributed by atoms with Gasteiger partial charge in [-0.25, -0.2) is 0 Å². The molecule has 0 aromatic carbocycles. The van der Waals surface area contributed by atoms with Gasteiger partial charge < -0.3 is 4.74 Å². The van der Waals surface area contributed by atoms with E-state index >= 15 is 0 Å². The summed E-state index contributed by atoms with van der Waals surface area (Å²) in [5.41, 5.74) is 0. The van der Waals surface area contributed by atoms with Crippen LogP contribution in [0.4, 0.5) is 0 Å². The molecule has 3 heterocycles. The summed E-state index contributed by atoms with van der Waals surface area (Å²) in [5.74, 6) is 0. The van der Waals surface area contributed by atoms with Gasteiger partial charge in [0, 0.05) is 31.7 Å². The van der Waals surface area contributed by atoms with Crippen LogP contribution in [-0.2, 0) is 4.74 Å². The van der Waals surface area contributed by atoms with Crippen LogP contribution in [0.1, 0.15) is 26.2 Å². The van der Waals surface area contributed by atoms with Gasteiger partial charge in [0.1, 0.15) is 0 Å². The van der Waals surface area contributed by atoms with Crippen molar-refractivity contribution in [2.24, 2.45) is 0 Å². The standard InChI is InChI=1S/C12H22N2O/c1-10-6-13-5-3-2-4-11(13)7-14(10)8-12-9-15-12/h10-12H,2-9H2,1H3/t10?,11?,12-/m1/s1. The topological polar surface area (TPSA) is 19.0 Å². The largest absolute Gasteiger partial charge is 0.372 e. The van der Waals surface area contributed by atoms with Crippen molar-refractivity contribution in [1.29, 1.82) is 0 Å². The Kier molecular flexibility index (Phi) is 2.71. The van der Waals surface area contributed by atoms with Crippen molar-refractivity contribution in [2.75, 3.05) is 32.8 Å². The summed E-state index contributed by atoms with van der Waals surface area (Å²) in [5, 5.41) is 0. The van der Waals surface area contributed by atoms with Gasteiger partial charge in [-0.3, -0.25) is 9.80 Å². The maximum Gasteiger partial charge on any atom is 0.0936 e. The lowest BCUT2D eigenvalue weighted by Gasteiger charge is -2.47. The van der Waals surface area contributed by atoms with Crippen molar-refractivity contribution < 1.29 is 4.74 Å². The van der Waals surface area contributed by atoms with Crippen molar-refractivity contribution in [3.05, 3.63) is 0 Å². The van der Waals surface area contributed by atoms with E-state index < -0.39 is 0 Å². The number of fused-ring (bicyclic) bond motifs is 1. The number of piperidine rings is 1. The van der Waals surface area contributed by atoms with Crippen molar-refractivity contribution in [3.63, 3.8) is 0 Å². The van der Waals surface area contributed by atoms with E-state index in [1.807, 2.05) is 0 Å². The minimum atomic E-state index is 0.558. The SMILES string of the molecule is CC1CN2CCCCC2CN1C[C@@H]1CO1. The van der Waals surface area contributed by atoms with Crippen LogP contribution in [0, 0.1) is 0 Å². The second-order valence-corrected chi connectivity index (χ2v) is 5.40. The van der Waals surface area contributed by atoms with Gasteiger partial charge in [-0.1, -0.05) is 6.42 Å². The highest BCUT2D eigenvalue weighted by Gasteiger charge is 2.35. The van der Waals surface area contributed by atoms with Crippen molar-refractivity contribution in [3.8, 4) is 0 Å². The Balaban J connectivity index is 1.60. The Hall–Kier alpha value is -0.120. The van der Waals surface area contributed by atoms with Crippen LogP contribution in [0.25, 0.3) is 0 Å². The Morgan fingerprint density at radius 2 is 2.13 bits per heavy atom. The highest BCUT2D eigenvalue weighted by molar-refractivity contribution is 4.91. The molecule has 0 bridgehead atoms. The second kappa shape index (κ2) is 4.04. The molecule has 86 valence electrons. The number of epoxide rings is 1. The quantitative estimate of drug-likeness (QED) is 0.632. The van der Waals surface area contributed by atoms with E-state index in [0.29, 0.717) is 6.10 Å². The number of ether oxygens (including phenoxy) is 1. The third kappa shape index (κ3) is 2.19. The van der Waals surface area contributed by atoms with Gasteiger partial charge >= 0.3 is 0 Å². The molecule has 0 N–H and O–H groups in total. The molecule has 0 aliphatic carbocycles. The fourth-order valence-electron chi connectivity index (χ4n) is 3.10. The van der Waals surface area contributed by atoms with Crippen LogP contribution in [0.2, 0.25) is 0 Å². The third-order valence-corrected chi connectivity index (χ3v) is 4.16. The summed E-state index contributed by atoms with van der Waals surface area (Å²) >= 11 is 0. The summed E-state index contributed by atoms with van der Waals surface area (Å²) in [6, 6.07) is 1.57. The molecule has 3 heteroatoms. The smallest absolute Gasteiger partial charge is 0.0936 e. The monoisotopic (exact) mass is 210 g/mol. The van der Waals surface area contributed by atoms with Gasteiger partial charge in [0.2, 0.25) is 0 Å². The number of nitrogens with zero attached hydrogens (tertiary/aromatic N) is 2. The summed E-state index contributed by atoms with van der Waals surface area (Å²) in [6.45, 7) is 8.43. The van der Waals surface area contributed by atoms with Crippen molar-refractivity contribution in [2.45, 2.75) is 44.4 Å². The summed E-state index contributed by atoms with van der Waals surface area (Å²) in [7, 11) is 0. The Bertz CT molecular complexity index is 230. The minimum absolute atomic E-state index is 0.558. The lowest BCUT2D eigenvalue weighted by molar-refractivity contribution is 0.0124. The molecule has 0 amide bonds. The first-order valence-electron chi connectivity index (χ1n) is 6.42. The third-order valence-electron chi connectivity index (χ3n) is 4.16. The van der Waals surface area contributed by atoms with E-state index in [4.69, 9.17) is 4.74 Å². The van der Waals surface area contributed by atoms with Crippen molar-refractivity contribution >= 4 is 0 Å². The van der Waals surface area contributed by atoms with Crippen LogP contribution >= 0.6 is 0 Å². The van der Waals surface area contributed by atoms with E-state index in [-0.39, 0.29) is 0 Å². The van der Waals surface area contributed by atoms with Crippen LogP contribution in [0.3, 0.4) is 0 Å². The molecule has 0 spiro atoms. The molecule has 3 rings (SSSR count). The van der Waals surface area contributed by atoms with Gasteiger partial charge in [-0.15, -0.1) is 0 Å². The van der Waals surface area contributed by atoms with E-state index in [9.17, 15) is 0 Å². The number of hydrogen-bond acceptors (Lipinski definition) is 3. The molecule has 0 aromatic rings. The van der Waals surface area contributed by atoms with E-state index in [0.717, 1.165) is 18.7 Å². The predicted octanol–water partition coefficient (Wildman–Crippen LogP) is 0.944. The first-order valence-corrected chi connectivity index (χ1v) is 6.42. The minimum Gasteiger partial charge on any atom is -0.372 e. The zero-order valence-electron chi connectivity index (χ0n) is 9.69. The summed E-state index contributed by atoms with van der Waals surface area (Å²) in [6.07, 6.45) is 4.81. The van der Waals surface area contributed by atoms with Crippen LogP contribution in [0.15, 0.2) is 0 Å². The highest BCUT2D eigenvalue weighted by atomic mass is 16.6. The first kappa shape index (κ1) is 10.1. The molecule has 3 aliphatic rings. The summed E-state index contributed by atoms with van der Waals surface area (Å²) < 4.78 is 5.34. The Morgan fingerprint density at radius 1 is 1.27 bits per heavy atom. The van der Waals surface area contributed by atoms with E-state index in [2.05, 4.69) is 16.7 Å². The molecule has 2 unspecified atom stereocenters. The number of rotatable bonds is 2. The second-order valence-electron chi connectivity index (χ2n) is 5.40. The lowest BCUT2D eigenvalue weighted by Crippen LogP contribution is -2.59. The molecule has 3 fully saturated rings. The average Bonchev–Trinajstić information content (AvgIpc) is 3.03. The Labute approximate surface area is 92.4 Å². The van der Waals surface area contributed by atoms with Gasteiger partial charge in [-0.05, 0) is 26.3 Å². The zero-order chi connectivity index (χ0) is 10.3. The summed E-state index contributed by atoms with van der Waals surface area (Å²) in [4.78, 5) is 5.35. The maximum absolute atomic E-state index is 5.34. The van der Waals surface area contributed by atoms with Crippen LogP contribution in [-0.4, -0.2) is 60.8 Å². The maximum atomic E-state index is 5.34. The Morgan fingerprint density at radius 3 is 2.93 bits per heavy atom. The molecular weight excluding hydrogens is 188 g/mol. The number of hydrogen-bond donors (Lipinski definition) is 0. The average molecular weight is 210 g/mol. The van der Waals surface area contributed by atoms with Crippen LogP contribution < -0.4 is 0 Å². The van der Waals surface area contributed by atoms with Gasteiger partial charge in [-0.2, -0.15) is 0 Å². The molecule has 3 nitrogen and oxygen atoms in total. The fourth-order valence-corrected chi connectivity index (χ4v) is 3.10. The fraction of sp³-hybridized carbons (Fsp3) is 1.00. The van der Waals surface area contributed by atoms with Gasteiger partial charge in [0.15, 0.2) is 0 Å². The molecule has 0 aromatic heterocycles. The molecule has 3 saturated heterocycles. The zero-order valence-corrected chi connectivity index (χ0v) is 9.69. The van der Waals surface area contributed by atoms with Crippen molar-refractivity contribution in [1.82, 2.24) is 9.80 Å². The van der Waals surface area contributed by atoms with E-state index in [1.54, 1.807) is 0 Å². The first-order chi connectivity index (χ1) is 7.33. The van der Waals surface area contributed by atoms with Crippen LogP contribution in [0.5, 0.6) is 0 Å². The number of piperazine rings is 1. The molecule has 0 radical (unpaired) electrons. The highest BCUT2D eigenvalue weighted by Crippen LogP contribution is 2.25. The molecule has 3 aliphatic heterocycles. The van der Waals surface area contributed by atoms with Gasteiger partial charge in [0.25, 0.3) is 0 Å².